The van der Waals surface area contributed by atoms with E-state index in [4.69, 9.17) is 27.9 Å². The van der Waals surface area contributed by atoms with Crippen molar-refractivity contribution in [3.8, 4) is 0 Å². The van der Waals surface area contributed by atoms with Gasteiger partial charge in [0, 0.05) is 39.3 Å². The van der Waals surface area contributed by atoms with E-state index in [1.54, 1.807) is 11.0 Å². The molecule has 3 heterocycles. The maximum Gasteiger partial charge on any atom is 0.270 e. The number of morpholine rings is 1. The second-order valence-corrected chi connectivity index (χ2v) is 6.69. The third-order valence-electron chi connectivity index (χ3n) is 4.34. The molecule has 0 unspecified atom stereocenters. The molecule has 1 N–H and O–H groups in total. The number of nitrogens with one attached hydrogen (secondary N) is 1. The zero-order valence-corrected chi connectivity index (χ0v) is 14.8. The van der Waals surface area contributed by atoms with Crippen LogP contribution in [0.25, 0.3) is 0 Å². The van der Waals surface area contributed by atoms with Gasteiger partial charge in [-0.15, -0.1) is 0 Å². The Kier molecular flexibility index (Phi) is 5.65. The number of carbonyl (C=O) groups excluding carboxylic acids is 2. The summed E-state index contributed by atoms with van der Waals surface area (Å²) in [7, 11) is 0. The Morgan fingerprint density at radius 3 is 2.29 bits per heavy atom. The lowest BCUT2D eigenvalue weighted by atomic mass is 10.2. The molecule has 0 saturated carbocycles. The molecule has 2 amide bonds. The molecule has 0 atom stereocenters. The van der Waals surface area contributed by atoms with E-state index in [-0.39, 0.29) is 17.0 Å². The largest absolute Gasteiger partial charge is 0.378 e. The number of aromatic nitrogens is 1. The number of hydrogen-bond acceptors (Lipinski definition) is 4. The lowest BCUT2D eigenvalue weighted by Crippen LogP contribution is -2.52. The third kappa shape index (κ3) is 4.03. The fourth-order valence-corrected chi connectivity index (χ4v) is 3.22. The minimum atomic E-state index is -0.122. The minimum Gasteiger partial charge on any atom is -0.378 e. The average molecular weight is 375 g/mol. The number of piperazine rings is 1. The first-order chi connectivity index (χ1) is 11.5. The number of nitrogens with zero attached hydrogens (tertiary/aromatic N) is 3. The van der Waals surface area contributed by atoms with Crippen molar-refractivity contribution in [1.29, 1.82) is 0 Å². The molecule has 0 bridgehead atoms. The van der Waals surface area contributed by atoms with Crippen LogP contribution in [0, 0.1) is 0 Å². The highest BCUT2D eigenvalue weighted by atomic mass is 35.5. The first kappa shape index (κ1) is 17.5. The Labute approximate surface area is 150 Å². The molecule has 132 valence electrons. The molecule has 2 fully saturated rings. The second-order valence-electron chi connectivity index (χ2n) is 5.91. The molecule has 2 aliphatic rings. The zero-order chi connectivity index (χ0) is 17.1. The summed E-state index contributed by atoms with van der Waals surface area (Å²) in [5.74, 6) is 0.00367. The smallest absolute Gasteiger partial charge is 0.270 e. The molecule has 7 nitrogen and oxygen atoms in total. The van der Waals surface area contributed by atoms with Gasteiger partial charge >= 0.3 is 0 Å². The summed E-state index contributed by atoms with van der Waals surface area (Å²) in [5.41, 5.74) is 0.392. The van der Waals surface area contributed by atoms with Crippen LogP contribution >= 0.6 is 23.2 Å². The van der Waals surface area contributed by atoms with Crippen molar-refractivity contribution in [3.05, 3.63) is 21.9 Å². The van der Waals surface area contributed by atoms with Gasteiger partial charge in [0.25, 0.3) is 5.91 Å². The van der Waals surface area contributed by atoms with Crippen LogP contribution in [0.15, 0.2) is 6.07 Å². The van der Waals surface area contributed by atoms with Crippen LogP contribution in [0.3, 0.4) is 0 Å². The van der Waals surface area contributed by atoms with Gasteiger partial charge in [-0.05, 0) is 6.07 Å². The molecule has 1 aromatic rings. The van der Waals surface area contributed by atoms with Gasteiger partial charge in [-0.2, -0.15) is 0 Å². The Bertz CT molecular complexity index is 588. The van der Waals surface area contributed by atoms with E-state index in [9.17, 15) is 9.59 Å². The highest BCUT2D eigenvalue weighted by Gasteiger charge is 2.26. The summed E-state index contributed by atoms with van der Waals surface area (Å²) >= 11 is 11.7. The lowest BCUT2D eigenvalue weighted by molar-refractivity contribution is -0.136. The van der Waals surface area contributed by atoms with Gasteiger partial charge < -0.3 is 19.5 Å². The van der Waals surface area contributed by atoms with E-state index in [0.717, 1.165) is 0 Å². The molecule has 9 heteroatoms. The van der Waals surface area contributed by atoms with Crippen LogP contribution in [-0.2, 0) is 9.53 Å². The van der Waals surface area contributed by atoms with E-state index in [1.807, 2.05) is 4.90 Å². The summed E-state index contributed by atoms with van der Waals surface area (Å²) in [4.78, 5) is 33.1. The third-order valence-corrected chi connectivity index (χ3v) is 5.03. The highest BCUT2D eigenvalue weighted by molar-refractivity contribution is 6.41. The molecule has 3 rings (SSSR count). The number of rotatable bonds is 3. The van der Waals surface area contributed by atoms with Gasteiger partial charge in [0.1, 0.15) is 10.8 Å². The number of amides is 2. The molecule has 0 aromatic carbocycles. The number of carbonyl (C=O) groups is 2. The predicted molar refractivity (Wildman–Crippen MR) is 90.6 cm³/mol. The topological polar surface area (TPSA) is 68.9 Å². The fourth-order valence-electron chi connectivity index (χ4n) is 2.90. The van der Waals surface area contributed by atoms with Crippen LogP contribution < -0.4 is 0 Å². The van der Waals surface area contributed by atoms with Gasteiger partial charge in [-0.1, -0.05) is 23.2 Å². The van der Waals surface area contributed by atoms with Crippen LogP contribution in [0.4, 0.5) is 0 Å². The van der Waals surface area contributed by atoms with Gasteiger partial charge in [0.15, 0.2) is 0 Å². The first-order valence-electron chi connectivity index (χ1n) is 7.96. The van der Waals surface area contributed by atoms with E-state index in [0.29, 0.717) is 69.7 Å². The van der Waals surface area contributed by atoms with Crippen molar-refractivity contribution in [3.63, 3.8) is 0 Å². The summed E-state index contributed by atoms with van der Waals surface area (Å²) in [6.07, 6.45) is 0. The van der Waals surface area contributed by atoms with Crippen molar-refractivity contribution < 1.29 is 14.3 Å². The zero-order valence-electron chi connectivity index (χ0n) is 13.3. The quantitative estimate of drug-likeness (QED) is 0.854. The predicted octanol–water partition coefficient (Wildman–Crippen LogP) is 0.938. The van der Waals surface area contributed by atoms with E-state index >= 15 is 0 Å². The minimum absolute atomic E-state index is 0.122. The normalized spacial score (nSPS) is 19.6. The highest BCUT2D eigenvalue weighted by Crippen LogP contribution is 2.23. The van der Waals surface area contributed by atoms with Gasteiger partial charge in [0.2, 0.25) is 5.91 Å². The molecule has 0 aliphatic carbocycles. The molecule has 0 spiro atoms. The van der Waals surface area contributed by atoms with Crippen molar-refractivity contribution in [1.82, 2.24) is 19.7 Å². The number of ether oxygens (including phenoxy) is 1. The summed E-state index contributed by atoms with van der Waals surface area (Å²) < 4.78 is 5.26. The lowest BCUT2D eigenvalue weighted by Gasteiger charge is -2.35. The van der Waals surface area contributed by atoms with Crippen molar-refractivity contribution in [2.45, 2.75) is 0 Å². The van der Waals surface area contributed by atoms with E-state index < -0.39 is 0 Å². The molecule has 2 aliphatic heterocycles. The summed E-state index contributed by atoms with van der Waals surface area (Å²) in [6, 6.07) is 1.54. The van der Waals surface area contributed by atoms with E-state index in [1.165, 1.54) is 0 Å². The van der Waals surface area contributed by atoms with Crippen LogP contribution in [-0.4, -0.2) is 90.5 Å². The number of hydrogen-bond donors (Lipinski definition) is 1. The van der Waals surface area contributed by atoms with Crippen LogP contribution in [0.5, 0.6) is 0 Å². The Balaban J connectivity index is 1.48. The molecule has 24 heavy (non-hydrogen) atoms. The van der Waals surface area contributed by atoms with Crippen molar-refractivity contribution in [2.75, 3.05) is 59.0 Å². The SMILES string of the molecule is O=C(CN1CCN(C(=O)c2cc(Cl)c(Cl)[nH]2)CC1)N1CCOCC1. The first-order valence-corrected chi connectivity index (χ1v) is 8.71. The molecule has 1 aromatic heterocycles. The standard InChI is InChI=1S/C15H20Cl2N4O3/c16-11-9-12(18-14(11)17)15(23)21-3-1-19(2-4-21)10-13(22)20-5-7-24-8-6-20/h9,18H,1-8,10H2. The van der Waals surface area contributed by atoms with Crippen LogP contribution in [0.2, 0.25) is 10.2 Å². The average Bonchev–Trinajstić information content (AvgIpc) is 2.95. The number of aromatic amines is 1. The van der Waals surface area contributed by atoms with Gasteiger partial charge in [0.05, 0.1) is 24.8 Å². The molecule has 0 radical (unpaired) electrons. The molecular weight excluding hydrogens is 355 g/mol. The van der Waals surface area contributed by atoms with E-state index in [2.05, 4.69) is 9.88 Å². The van der Waals surface area contributed by atoms with Crippen LogP contribution in [0.1, 0.15) is 10.5 Å². The number of halogens is 2. The number of H-pyrrole nitrogens is 1. The molecular formula is C15H20Cl2N4O3. The van der Waals surface area contributed by atoms with Crippen molar-refractivity contribution >= 4 is 35.0 Å². The summed E-state index contributed by atoms with van der Waals surface area (Å²) in [6.45, 7) is 5.41. The monoisotopic (exact) mass is 374 g/mol. The van der Waals surface area contributed by atoms with Gasteiger partial charge in [-0.25, -0.2) is 0 Å². The summed E-state index contributed by atoms with van der Waals surface area (Å²) in [5, 5.41) is 0.615. The Hall–Kier alpha value is -1.28. The Morgan fingerprint density at radius 1 is 1.04 bits per heavy atom. The Morgan fingerprint density at radius 2 is 1.71 bits per heavy atom. The second kappa shape index (κ2) is 7.74. The fraction of sp³-hybridized carbons (Fsp3) is 0.600. The van der Waals surface area contributed by atoms with Crippen molar-refractivity contribution in [2.24, 2.45) is 0 Å². The maximum atomic E-state index is 12.4. The molecule has 2 saturated heterocycles. The van der Waals surface area contributed by atoms with Gasteiger partial charge in [-0.3, -0.25) is 14.5 Å². The maximum absolute atomic E-state index is 12.4.